The number of carboxylic acids is 1. The summed E-state index contributed by atoms with van der Waals surface area (Å²) in [5.41, 5.74) is 4.47. The van der Waals surface area contributed by atoms with Crippen LogP contribution in [0.5, 0.6) is 0 Å². The molecule has 4 rings (SSSR count). The molecule has 3 amide bonds. The fraction of sp³-hybridized carbons (Fsp3) is 0.360. The highest BCUT2D eigenvalue weighted by Gasteiger charge is 2.40. The number of nitrogens with one attached hydrogen (secondary N) is 3. The second-order valence-corrected chi connectivity index (χ2v) is 8.51. The average molecular weight is 466 g/mol. The van der Waals surface area contributed by atoms with E-state index >= 15 is 0 Å². The molecular weight excluding hydrogens is 438 g/mol. The number of carbonyl (C=O) groups excluding carboxylic acids is 3. The summed E-state index contributed by atoms with van der Waals surface area (Å²) in [6.45, 7) is 1.93. The number of hydrogen-bond donors (Lipinski definition) is 4. The van der Waals surface area contributed by atoms with Gasteiger partial charge in [-0.05, 0) is 28.7 Å². The number of carboxylic acid groups (broad SMARTS) is 1. The molecule has 0 bridgehead atoms. The summed E-state index contributed by atoms with van der Waals surface area (Å²) in [7, 11) is 0. The van der Waals surface area contributed by atoms with E-state index in [9.17, 15) is 24.3 Å². The molecule has 1 aliphatic heterocycles. The molecule has 1 aliphatic carbocycles. The smallest absolute Gasteiger partial charge is 0.407 e. The maximum absolute atomic E-state index is 12.5. The zero-order chi connectivity index (χ0) is 24.2. The van der Waals surface area contributed by atoms with E-state index in [-0.39, 0.29) is 25.5 Å². The fourth-order valence-corrected chi connectivity index (χ4v) is 4.58. The predicted molar refractivity (Wildman–Crippen MR) is 123 cm³/mol. The molecule has 3 unspecified atom stereocenters. The maximum atomic E-state index is 12.5. The second-order valence-electron chi connectivity index (χ2n) is 8.51. The number of ether oxygens (including phenoxy) is 1. The molecule has 2 aromatic carbocycles. The summed E-state index contributed by atoms with van der Waals surface area (Å²) in [5, 5.41) is 16.8. The minimum Gasteiger partial charge on any atom is -0.481 e. The quantitative estimate of drug-likeness (QED) is 0.471. The Hall–Kier alpha value is -3.88. The first-order valence-electron chi connectivity index (χ1n) is 11.3. The van der Waals surface area contributed by atoms with Gasteiger partial charge in [0.1, 0.15) is 18.6 Å². The van der Waals surface area contributed by atoms with Crippen molar-refractivity contribution in [2.24, 2.45) is 5.92 Å². The van der Waals surface area contributed by atoms with Crippen LogP contribution >= 0.6 is 0 Å². The first kappa shape index (κ1) is 23.3. The largest absolute Gasteiger partial charge is 0.481 e. The lowest BCUT2D eigenvalue weighted by Gasteiger charge is -2.20. The highest BCUT2D eigenvalue weighted by Crippen LogP contribution is 2.44. The van der Waals surface area contributed by atoms with E-state index in [1.807, 2.05) is 43.3 Å². The van der Waals surface area contributed by atoms with E-state index in [4.69, 9.17) is 4.74 Å². The van der Waals surface area contributed by atoms with E-state index in [2.05, 4.69) is 28.1 Å². The van der Waals surface area contributed by atoms with Crippen LogP contribution in [0, 0.1) is 5.92 Å². The molecule has 0 aromatic heterocycles. The number of hydrogen-bond acceptors (Lipinski definition) is 5. The van der Waals surface area contributed by atoms with Crippen molar-refractivity contribution in [2.75, 3.05) is 13.2 Å². The summed E-state index contributed by atoms with van der Waals surface area (Å²) in [6, 6.07) is 14.4. The van der Waals surface area contributed by atoms with Crippen LogP contribution < -0.4 is 16.0 Å². The van der Waals surface area contributed by atoms with Crippen molar-refractivity contribution in [1.82, 2.24) is 16.0 Å². The van der Waals surface area contributed by atoms with Gasteiger partial charge in [0, 0.05) is 24.9 Å². The molecule has 9 heteroatoms. The Bertz CT molecular complexity index is 1070. The topological polar surface area (TPSA) is 134 Å². The van der Waals surface area contributed by atoms with Crippen LogP contribution in [0.3, 0.4) is 0 Å². The Morgan fingerprint density at radius 3 is 2.29 bits per heavy atom. The molecule has 2 aromatic rings. The van der Waals surface area contributed by atoms with E-state index < -0.39 is 41.9 Å². The molecule has 1 fully saturated rings. The highest BCUT2D eigenvalue weighted by molar-refractivity contribution is 5.94. The average Bonchev–Trinajstić information content (AvgIpc) is 3.35. The van der Waals surface area contributed by atoms with Crippen molar-refractivity contribution in [3.8, 4) is 11.1 Å². The molecule has 178 valence electrons. The molecule has 1 saturated heterocycles. The Labute approximate surface area is 196 Å². The van der Waals surface area contributed by atoms with Gasteiger partial charge in [0.05, 0.1) is 0 Å². The monoisotopic (exact) mass is 465 g/mol. The van der Waals surface area contributed by atoms with Crippen molar-refractivity contribution in [3.05, 3.63) is 59.7 Å². The molecule has 4 N–H and O–H groups in total. The third-order valence-corrected chi connectivity index (χ3v) is 6.40. The fourth-order valence-electron chi connectivity index (χ4n) is 4.58. The molecule has 0 spiro atoms. The minimum absolute atomic E-state index is 0.0334. The molecule has 9 nitrogen and oxygen atoms in total. The lowest BCUT2D eigenvalue weighted by molar-refractivity contribution is -0.143. The summed E-state index contributed by atoms with van der Waals surface area (Å²) in [6.07, 6.45) is -0.281. The van der Waals surface area contributed by atoms with Gasteiger partial charge in [-0.3, -0.25) is 14.4 Å². The number of aliphatic carboxylic acids is 1. The normalized spacial score (nSPS) is 19.5. The Morgan fingerprint density at radius 2 is 1.71 bits per heavy atom. The van der Waals surface area contributed by atoms with Crippen LogP contribution in [0.1, 0.15) is 36.8 Å². The Balaban J connectivity index is 1.32. The Morgan fingerprint density at radius 1 is 1.09 bits per heavy atom. The zero-order valence-corrected chi connectivity index (χ0v) is 18.7. The van der Waals surface area contributed by atoms with Gasteiger partial charge in [0.2, 0.25) is 11.8 Å². The van der Waals surface area contributed by atoms with Crippen LogP contribution in [0.15, 0.2) is 48.5 Å². The standard InChI is InChI=1S/C25H27N3O6/c1-2-14(11-21(29)28-22-19(24(31)32)12-26-23(22)30)27-25(33)34-13-20-17-9-5-3-7-15(17)16-8-4-6-10-18(16)20/h3-10,14,19-20,22H,2,11-13H2,1H3,(H,26,30)(H,27,33)(H,28,29)(H,31,32). The van der Waals surface area contributed by atoms with Crippen molar-refractivity contribution in [1.29, 1.82) is 0 Å². The highest BCUT2D eigenvalue weighted by atomic mass is 16.5. The Kier molecular flexibility index (Phi) is 6.81. The first-order valence-corrected chi connectivity index (χ1v) is 11.3. The van der Waals surface area contributed by atoms with Gasteiger partial charge in [-0.25, -0.2) is 4.79 Å². The number of carbonyl (C=O) groups is 4. The van der Waals surface area contributed by atoms with Crippen LogP contribution in [0.25, 0.3) is 11.1 Å². The maximum Gasteiger partial charge on any atom is 0.407 e. The van der Waals surface area contributed by atoms with E-state index in [1.54, 1.807) is 0 Å². The van der Waals surface area contributed by atoms with Crippen LogP contribution in [0.4, 0.5) is 4.79 Å². The summed E-state index contributed by atoms with van der Waals surface area (Å²) in [5.74, 6) is -3.30. The lowest BCUT2D eigenvalue weighted by Crippen LogP contribution is -2.47. The van der Waals surface area contributed by atoms with Crippen LogP contribution in [-0.4, -0.2) is 54.2 Å². The molecule has 34 heavy (non-hydrogen) atoms. The minimum atomic E-state index is -1.16. The third kappa shape index (κ3) is 4.73. The van der Waals surface area contributed by atoms with Gasteiger partial charge < -0.3 is 25.8 Å². The van der Waals surface area contributed by atoms with Gasteiger partial charge in [-0.15, -0.1) is 0 Å². The SMILES string of the molecule is CCC(CC(=O)NC1C(=O)NCC1C(=O)O)NC(=O)OCC1c2ccccc2-c2ccccc21. The number of fused-ring (bicyclic) bond motifs is 3. The van der Waals surface area contributed by atoms with Gasteiger partial charge in [0.25, 0.3) is 0 Å². The number of alkyl carbamates (subject to hydrolysis) is 1. The third-order valence-electron chi connectivity index (χ3n) is 6.40. The van der Waals surface area contributed by atoms with Crippen molar-refractivity contribution >= 4 is 23.9 Å². The summed E-state index contributed by atoms with van der Waals surface area (Å²) in [4.78, 5) is 48.1. The number of amides is 3. The van der Waals surface area contributed by atoms with Crippen molar-refractivity contribution in [2.45, 2.75) is 37.8 Å². The summed E-state index contributed by atoms with van der Waals surface area (Å²) < 4.78 is 5.53. The van der Waals surface area contributed by atoms with Crippen LogP contribution in [-0.2, 0) is 19.1 Å². The number of benzene rings is 2. The molecule has 0 saturated carbocycles. The second kappa shape index (κ2) is 9.94. The van der Waals surface area contributed by atoms with Gasteiger partial charge in [-0.1, -0.05) is 55.5 Å². The summed E-state index contributed by atoms with van der Waals surface area (Å²) >= 11 is 0. The van der Waals surface area contributed by atoms with Gasteiger partial charge in [0.15, 0.2) is 0 Å². The van der Waals surface area contributed by atoms with E-state index in [1.165, 1.54) is 0 Å². The van der Waals surface area contributed by atoms with Crippen LogP contribution in [0.2, 0.25) is 0 Å². The predicted octanol–water partition coefficient (Wildman–Crippen LogP) is 2.01. The van der Waals surface area contributed by atoms with Crippen molar-refractivity contribution < 1.29 is 29.0 Å². The molecule has 0 radical (unpaired) electrons. The molecule has 1 heterocycles. The van der Waals surface area contributed by atoms with Crippen molar-refractivity contribution in [3.63, 3.8) is 0 Å². The lowest BCUT2D eigenvalue weighted by atomic mass is 9.98. The zero-order valence-electron chi connectivity index (χ0n) is 18.7. The number of rotatable bonds is 8. The van der Waals surface area contributed by atoms with E-state index in [0.29, 0.717) is 6.42 Å². The first-order chi connectivity index (χ1) is 16.4. The molecule has 3 atom stereocenters. The van der Waals surface area contributed by atoms with Gasteiger partial charge in [-0.2, -0.15) is 0 Å². The molecule has 2 aliphatic rings. The van der Waals surface area contributed by atoms with E-state index in [0.717, 1.165) is 22.3 Å². The molecular formula is C25H27N3O6. The van der Waals surface area contributed by atoms with Gasteiger partial charge >= 0.3 is 12.1 Å².